The van der Waals surface area contributed by atoms with E-state index >= 15 is 0 Å². The van der Waals surface area contributed by atoms with Gasteiger partial charge in [-0.1, -0.05) is 18.6 Å². The van der Waals surface area contributed by atoms with Gasteiger partial charge >= 0.3 is 0 Å². The average molecular weight is 291 g/mol. The maximum absolute atomic E-state index is 13.4. The molecule has 1 aromatic rings. The molecule has 21 heavy (non-hydrogen) atoms. The molecule has 1 N–H and O–H groups in total. The summed E-state index contributed by atoms with van der Waals surface area (Å²) in [4.78, 5) is 14.5. The van der Waals surface area contributed by atoms with Crippen molar-refractivity contribution >= 4 is 5.91 Å². The zero-order chi connectivity index (χ0) is 15.0. The number of halogens is 1. The zero-order valence-corrected chi connectivity index (χ0v) is 12.4. The number of carbonyl (C=O) groups is 1. The van der Waals surface area contributed by atoms with E-state index in [9.17, 15) is 14.3 Å². The first-order chi connectivity index (χ1) is 10.0. The summed E-state index contributed by atoms with van der Waals surface area (Å²) < 4.78 is 13.4. The van der Waals surface area contributed by atoms with Crippen molar-refractivity contribution in [2.75, 3.05) is 13.6 Å². The van der Waals surface area contributed by atoms with Crippen LogP contribution in [0.15, 0.2) is 24.3 Å². The second-order valence-corrected chi connectivity index (χ2v) is 6.54. The summed E-state index contributed by atoms with van der Waals surface area (Å²) >= 11 is 0. The van der Waals surface area contributed by atoms with Crippen molar-refractivity contribution in [2.24, 2.45) is 5.92 Å². The SMILES string of the molecule is CN(CC1CCCC1O)C(=O)C1(c2cccc(F)c2)CC1. The van der Waals surface area contributed by atoms with Gasteiger partial charge < -0.3 is 10.0 Å². The third-order valence-corrected chi connectivity index (χ3v) is 5.01. The Hall–Kier alpha value is -1.42. The number of rotatable bonds is 4. The summed E-state index contributed by atoms with van der Waals surface area (Å²) in [5.74, 6) is -0.0464. The highest BCUT2D eigenvalue weighted by atomic mass is 19.1. The van der Waals surface area contributed by atoms with E-state index in [-0.39, 0.29) is 23.7 Å². The van der Waals surface area contributed by atoms with Gasteiger partial charge in [-0.15, -0.1) is 0 Å². The van der Waals surface area contributed by atoms with E-state index in [2.05, 4.69) is 0 Å². The van der Waals surface area contributed by atoms with Gasteiger partial charge in [-0.3, -0.25) is 4.79 Å². The van der Waals surface area contributed by atoms with Crippen LogP contribution in [-0.4, -0.2) is 35.6 Å². The summed E-state index contributed by atoms with van der Waals surface area (Å²) in [7, 11) is 1.80. The van der Waals surface area contributed by atoms with Gasteiger partial charge in [-0.2, -0.15) is 0 Å². The molecule has 0 radical (unpaired) electrons. The lowest BCUT2D eigenvalue weighted by atomic mass is 9.93. The van der Waals surface area contributed by atoms with E-state index in [1.165, 1.54) is 12.1 Å². The molecule has 0 aromatic heterocycles. The minimum Gasteiger partial charge on any atom is -0.393 e. The minimum absolute atomic E-state index is 0.0622. The lowest BCUT2D eigenvalue weighted by Gasteiger charge is -2.27. The Kier molecular flexibility index (Phi) is 3.74. The third-order valence-electron chi connectivity index (χ3n) is 5.01. The number of carbonyl (C=O) groups excluding carboxylic acids is 1. The molecule has 2 fully saturated rings. The normalized spacial score (nSPS) is 26.6. The van der Waals surface area contributed by atoms with Crippen LogP contribution in [0.5, 0.6) is 0 Å². The Morgan fingerprint density at radius 1 is 1.43 bits per heavy atom. The van der Waals surface area contributed by atoms with Gasteiger partial charge in [0.15, 0.2) is 0 Å². The second-order valence-electron chi connectivity index (χ2n) is 6.54. The number of aliphatic hydroxyl groups is 1. The molecule has 1 amide bonds. The number of benzene rings is 1. The summed E-state index contributed by atoms with van der Waals surface area (Å²) in [6.07, 6.45) is 4.13. The molecule has 3 rings (SSSR count). The van der Waals surface area contributed by atoms with Gasteiger partial charge in [-0.25, -0.2) is 4.39 Å². The molecular weight excluding hydrogens is 269 g/mol. The van der Waals surface area contributed by atoms with E-state index in [0.29, 0.717) is 6.54 Å². The van der Waals surface area contributed by atoms with E-state index in [4.69, 9.17) is 0 Å². The molecule has 0 saturated heterocycles. The third kappa shape index (κ3) is 2.69. The van der Waals surface area contributed by atoms with Gasteiger partial charge in [0.2, 0.25) is 5.91 Å². The minimum atomic E-state index is -0.527. The average Bonchev–Trinajstić information content (AvgIpc) is 3.18. The molecule has 0 heterocycles. The van der Waals surface area contributed by atoms with Gasteiger partial charge in [-0.05, 0) is 43.4 Å². The van der Waals surface area contributed by atoms with Gasteiger partial charge in [0, 0.05) is 19.5 Å². The number of hydrogen-bond donors (Lipinski definition) is 1. The standard InChI is InChI=1S/C17H22FNO2/c1-19(11-12-4-2-7-15(12)20)16(21)17(8-9-17)13-5-3-6-14(18)10-13/h3,5-6,10,12,15,20H,2,4,7-9,11H2,1H3. The molecule has 114 valence electrons. The van der Waals surface area contributed by atoms with Crippen LogP contribution in [0.4, 0.5) is 4.39 Å². The summed E-state index contributed by atoms with van der Waals surface area (Å²) in [5, 5.41) is 9.90. The Bertz CT molecular complexity index is 541. The maximum Gasteiger partial charge on any atom is 0.232 e. The monoisotopic (exact) mass is 291 g/mol. The van der Waals surface area contributed by atoms with Gasteiger partial charge in [0.1, 0.15) is 5.82 Å². The Balaban J connectivity index is 1.72. The second kappa shape index (κ2) is 5.41. The lowest BCUT2D eigenvalue weighted by molar-refractivity contribution is -0.133. The van der Waals surface area contributed by atoms with Crippen molar-refractivity contribution in [3.05, 3.63) is 35.6 Å². The Morgan fingerprint density at radius 2 is 2.19 bits per heavy atom. The smallest absolute Gasteiger partial charge is 0.232 e. The fourth-order valence-electron chi connectivity index (χ4n) is 3.57. The van der Waals surface area contributed by atoms with Crippen molar-refractivity contribution in [1.29, 1.82) is 0 Å². The van der Waals surface area contributed by atoms with E-state index in [1.807, 2.05) is 6.07 Å². The van der Waals surface area contributed by atoms with Crippen LogP contribution in [0.1, 0.15) is 37.7 Å². The highest BCUT2D eigenvalue weighted by Gasteiger charge is 2.52. The summed E-state index contributed by atoms with van der Waals surface area (Å²) in [6, 6.07) is 6.39. The number of aliphatic hydroxyl groups excluding tert-OH is 1. The fourth-order valence-corrected chi connectivity index (χ4v) is 3.57. The fraction of sp³-hybridized carbons (Fsp3) is 0.588. The van der Waals surface area contributed by atoms with Gasteiger partial charge in [0.25, 0.3) is 0 Å². The highest BCUT2D eigenvalue weighted by Crippen LogP contribution is 2.49. The van der Waals surface area contributed by atoms with Crippen molar-refractivity contribution in [3.63, 3.8) is 0 Å². The number of nitrogens with zero attached hydrogens (tertiary/aromatic N) is 1. The summed E-state index contributed by atoms with van der Waals surface area (Å²) in [6.45, 7) is 0.594. The quantitative estimate of drug-likeness (QED) is 0.926. The summed E-state index contributed by atoms with van der Waals surface area (Å²) in [5.41, 5.74) is 0.256. The van der Waals surface area contributed by atoms with Crippen LogP contribution in [0.25, 0.3) is 0 Å². The largest absolute Gasteiger partial charge is 0.393 e. The van der Waals surface area contributed by atoms with Crippen LogP contribution < -0.4 is 0 Å². The van der Waals surface area contributed by atoms with E-state index in [1.54, 1.807) is 18.0 Å². The van der Waals surface area contributed by atoms with Gasteiger partial charge in [0.05, 0.1) is 11.5 Å². The molecular formula is C17H22FNO2. The number of hydrogen-bond acceptors (Lipinski definition) is 2. The van der Waals surface area contributed by atoms with Crippen LogP contribution in [0.2, 0.25) is 0 Å². The first kappa shape index (κ1) is 14.5. The lowest BCUT2D eigenvalue weighted by Crippen LogP contribution is -2.40. The Morgan fingerprint density at radius 3 is 2.76 bits per heavy atom. The van der Waals surface area contributed by atoms with Crippen molar-refractivity contribution in [2.45, 2.75) is 43.6 Å². The van der Waals surface area contributed by atoms with Crippen LogP contribution >= 0.6 is 0 Å². The van der Waals surface area contributed by atoms with E-state index < -0.39 is 5.41 Å². The van der Waals surface area contributed by atoms with Crippen LogP contribution in [-0.2, 0) is 10.2 Å². The molecule has 4 heteroatoms. The van der Waals surface area contributed by atoms with Crippen LogP contribution in [0.3, 0.4) is 0 Å². The molecule has 2 aliphatic rings. The molecule has 2 atom stereocenters. The molecule has 1 aromatic carbocycles. The highest BCUT2D eigenvalue weighted by molar-refractivity contribution is 5.91. The first-order valence-electron chi connectivity index (χ1n) is 7.72. The maximum atomic E-state index is 13.4. The number of amides is 1. The van der Waals surface area contributed by atoms with Crippen LogP contribution in [0, 0.1) is 11.7 Å². The van der Waals surface area contributed by atoms with Crippen molar-refractivity contribution in [3.8, 4) is 0 Å². The topological polar surface area (TPSA) is 40.5 Å². The molecule has 0 bridgehead atoms. The molecule has 2 aliphatic carbocycles. The van der Waals surface area contributed by atoms with E-state index in [0.717, 1.165) is 37.7 Å². The predicted octanol–water partition coefficient (Wildman–Crippen LogP) is 2.48. The zero-order valence-electron chi connectivity index (χ0n) is 12.4. The molecule has 0 spiro atoms. The van der Waals surface area contributed by atoms with Crippen molar-refractivity contribution < 1.29 is 14.3 Å². The Labute approximate surface area is 124 Å². The predicted molar refractivity (Wildman–Crippen MR) is 78.3 cm³/mol. The number of likely N-dealkylation sites (N-methyl/N-ethyl adjacent to an activating group) is 1. The first-order valence-corrected chi connectivity index (χ1v) is 7.72. The molecule has 2 saturated carbocycles. The van der Waals surface area contributed by atoms with Crippen molar-refractivity contribution in [1.82, 2.24) is 4.90 Å². The molecule has 0 aliphatic heterocycles. The molecule has 2 unspecified atom stereocenters. The molecule has 3 nitrogen and oxygen atoms in total.